The lowest BCUT2D eigenvalue weighted by Crippen LogP contribution is -2.33. The molecule has 0 atom stereocenters. The van der Waals surface area contributed by atoms with Crippen LogP contribution in [0.4, 0.5) is 0 Å². The number of benzene rings is 8. The third kappa shape index (κ3) is 11.8. The van der Waals surface area contributed by atoms with Crippen LogP contribution in [0, 0.1) is 62.0 Å². The van der Waals surface area contributed by atoms with Gasteiger partial charge in [0, 0.05) is 131 Å². The molecule has 534 valence electrons. The van der Waals surface area contributed by atoms with E-state index in [1.165, 1.54) is 16.5 Å². The molecule has 0 radical (unpaired) electrons. The van der Waals surface area contributed by atoms with Crippen LogP contribution in [0.2, 0.25) is 0 Å². The van der Waals surface area contributed by atoms with Crippen molar-refractivity contribution in [1.82, 2.24) is 19.9 Å². The van der Waals surface area contributed by atoms with E-state index in [2.05, 4.69) is 126 Å². The first-order valence-corrected chi connectivity index (χ1v) is 36.3. The molecule has 0 saturated carbocycles. The maximum Gasteiger partial charge on any atom is 0.227 e. The van der Waals surface area contributed by atoms with Crippen molar-refractivity contribution in [3.8, 4) is 45.0 Å². The zero-order valence-corrected chi connectivity index (χ0v) is 62.7. The fourth-order valence-electron chi connectivity index (χ4n) is 15.8. The molecule has 12 heteroatoms. The Kier molecular flexibility index (Phi) is 14.0. The van der Waals surface area contributed by atoms with E-state index in [0.717, 1.165) is 126 Å². The van der Waals surface area contributed by atoms with Crippen LogP contribution in [0.15, 0.2) is 249 Å². The molecule has 12 nitrogen and oxygen atoms in total. The molecule has 0 N–H and O–H groups in total. The van der Waals surface area contributed by atoms with Crippen LogP contribution in [0.3, 0.4) is 0 Å². The average Bonchev–Trinajstić information content (AvgIpc) is 1.60. The van der Waals surface area contributed by atoms with Gasteiger partial charge in [-0.25, -0.2) is 38.2 Å². The Morgan fingerprint density at radius 2 is 0.697 bits per heavy atom. The van der Waals surface area contributed by atoms with Crippen molar-refractivity contribution >= 4 is 131 Å². The van der Waals surface area contributed by atoms with Crippen LogP contribution < -0.4 is 18.3 Å². The number of fused-ring (bicyclic) bond motifs is 20. The summed E-state index contributed by atoms with van der Waals surface area (Å²) in [6, 6.07) is 59.6. The summed E-state index contributed by atoms with van der Waals surface area (Å²) in [7, 11) is 7.72. The Balaban J connectivity index is 0.000000115. The maximum absolute atomic E-state index is 8.19. The Hall–Kier alpha value is -12.8. The second kappa shape index (κ2) is 26.9. The van der Waals surface area contributed by atoms with Gasteiger partial charge in [-0.2, -0.15) is 0 Å². The van der Waals surface area contributed by atoms with Gasteiger partial charge >= 0.3 is 0 Å². The minimum atomic E-state index is -2.36. The van der Waals surface area contributed by atoms with Crippen LogP contribution in [-0.2, 0) is 33.6 Å². The van der Waals surface area contributed by atoms with Gasteiger partial charge in [0.1, 0.15) is 28.2 Å². The summed E-state index contributed by atoms with van der Waals surface area (Å²) < 4.78 is 128. The lowest BCUT2D eigenvalue weighted by Gasteiger charge is -2.17. The molecule has 12 aromatic heterocycles. The summed E-state index contributed by atoms with van der Waals surface area (Å²) in [5.41, 5.74) is 19.3. The lowest BCUT2D eigenvalue weighted by molar-refractivity contribution is -0.661. The number of furan rings is 4. The monoisotopic (exact) mass is 1440 g/mol. The number of pyridine rings is 8. The smallest absolute Gasteiger partial charge is 0.227 e. The SMILES string of the molecule is Cc1ccc2c(oc3ncc4ccccc4c32)c1-c1ccc(C(C)(C)C)c[n+]1C.[2H]C([2H])([2H])c1c[n+](C)c(-c2c(C)ccc3c2oc2ncc4ccccc4c23)cc1C.[2H]C([2H])([2H])c1cc(C)c(-c2cccc[n+]2C)c2oc3ncc4ccccc4c3c12.[2H]C([2H])([2H])c1ccc(-c2c(C)cc(C([2H])([2H])[2H])c3c2oc2ncc4ccccc4c23)[n+](C)c1. The molecule has 20 rings (SSSR count). The first-order valence-electron chi connectivity index (χ1n) is 42.3. The molecule has 0 aliphatic heterocycles. The van der Waals surface area contributed by atoms with E-state index < -0.39 is 27.4 Å². The Morgan fingerprint density at radius 1 is 0.303 bits per heavy atom. The van der Waals surface area contributed by atoms with Crippen molar-refractivity contribution in [2.75, 3.05) is 0 Å². The van der Waals surface area contributed by atoms with Crippen LogP contribution in [0.1, 0.15) is 92.9 Å². The molecule has 0 spiro atoms. The van der Waals surface area contributed by atoms with Gasteiger partial charge in [-0.1, -0.05) is 154 Å². The van der Waals surface area contributed by atoms with Gasteiger partial charge in [-0.15, -0.1) is 0 Å². The molecule has 12 heterocycles. The van der Waals surface area contributed by atoms with Gasteiger partial charge < -0.3 is 17.7 Å². The normalized spacial score (nSPS) is 13.9. The zero-order chi connectivity index (χ0) is 85.6. The third-order valence-electron chi connectivity index (χ3n) is 21.3. The van der Waals surface area contributed by atoms with Gasteiger partial charge in [0.05, 0.1) is 43.8 Å². The summed E-state index contributed by atoms with van der Waals surface area (Å²) in [5, 5.41) is 14.9. The van der Waals surface area contributed by atoms with E-state index >= 15 is 0 Å². The maximum atomic E-state index is 8.19. The quantitative estimate of drug-likeness (QED) is 0.160. The van der Waals surface area contributed by atoms with E-state index in [-0.39, 0.29) is 16.5 Å². The van der Waals surface area contributed by atoms with E-state index in [1.807, 2.05) is 167 Å². The highest BCUT2D eigenvalue weighted by Crippen LogP contribution is 2.45. The standard InChI is InChI=1S/C26H25N2O.2C24H21N2O.C23H19N2O/c1-16-10-12-20-23-19-9-7-6-8-17(19)14-27-25(23)29-24(20)22(16)21-13-11-18(15-28(21)5)26(2,3)4;1-14-9-10-19-22-18-8-6-5-7-17(18)12-25-24(22)27-23(19)21(14)20-11-15(2)16(3)13-26(20)4;1-14-9-10-19(26(4)13-14)20-15(2)11-16(3)21-22-18-8-6-5-7-17(18)12-25-24(22)27-23(20)21;1-14-12-15(2)20-21-17-9-5-4-8-16(17)13-24-23(21)26-22(20)19(14)18-10-6-7-11-25(18)3/h6-15H,1-5H3;2*5-13H,1-4H3;4-13H,1-3H3/q4*+1/i;3D3;1D3,3D3;2D3. The molecule has 20 aromatic rings. The first-order chi connectivity index (χ1) is 57.4. The minimum Gasteiger partial charge on any atom is -0.437 e. The molecule has 0 saturated heterocycles. The Bertz CT molecular complexity index is 7650. The van der Waals surface area contributed by atoms with Crippen LogP contribution in [0.25, 0.3) is 176 Å². The summed E-state index contributed by atoms with van der Waals surface area (Å²) in [6.07, 6.45) is 14.7. The fraction of sp³-hybridized carbons (Fsp3) is 0.175. The predicted octanol–water partition coefficient (Wildman–Crippen LogP) is 22.6. The highest BCUT2D eigenvalue weighted by atomic mass is 16.4. The van der Waals surface area contributed by atoms with Gasteiger partial charge in [-0.05, 0) is 146 Å². The molecule has 0 aliphatic carbocycles. The van der Waals surface area contributed by atoms with Crippen molar-refractivity contribution in [2.24, 2.45) is 28.2 Å². The van der Waals surface area contributed by atoms with E-state index in [4.69, 9.17) is 34.1 Å². The van der Waals surface area contributed by atoms with Gasteiger partial charge in [0.15, 0.2) is 47.1 Å². The summed E-state index contributed by atoms with van der Waals surface area (Å²) in [6.45, 7) is 7.50. The van der Waals surface area contributed by atoms with Crippen LogP contribution in [-0.4, -0.2) is 19.9 Å². The van der Waals surface area contributed by atoms with Crippen molar-refractivity contribution < 1.29 is 52.4 Å². The highest BCUT2D eigenvalue weighted by molar-refractivity contribution is 6.24. The van der Waals surface area contributed by atoms with Crippen LogP contribution >= 0.6 is 0 Å². The van der Waals surface area contributed by atoms with Gasteiger partial charge in [-0.3, -0.25) is 0 Å². The van der Waals surface area contributed by atoms with Crippen molar-refractivity contribution in [3.05, 3.63) is 287 Å². The van der Waals surface area contributed by atoms with Crippen molar-refractivity contribution in [1.29, 1.82) is 0 Å². The Labute approximate surface area is 649 Å². The molecule has 0 fully saturated rings. The van der Waals surface area contributed by atoms with Crippen molar-refractivity contribution in [2.45, 2.75) is 88.2 Å². The number of hydrogen-bond donors (Lipinski definition) is 0. The average molecular weight is 1440 g/mol. The number of nitrogens with zero attached hydrogens (tertiary/aromatic N) is 8. The second-order valence-corrected chi connectivity index (χ2v) is 29.6. The van der Waals surface area contributed by atoms with Gasteiger partial charge in [0.25, 0.3) is 0 Å². The molecular formula is C97H86N8O4+4. The predicted molar refractivity (Wildman–Crippen MR) is 444 cm³/mol. The molecule has 8 aromatic carbocycles. The summed E-state index contributed by atoms with van der Waals surface area (Å²) in [4.78, 5) is 18.1. The van der Waals surface area contributed by atoms with Gasteiger partial charge in [0.2, 0.25) is 45.6 Å². The molecule has 0 bridgehead atoms. The summed E-state index contributed by atoms with van der Waals surface area (Å²) in [5.74, 6) is 0. The van der Waals surface area contributed by atoms with Crippen LogP contribution in [0.5, 0.6) is 0 Å². The molecule has 0 unspecified atom stereocenters. The van der Waals surface area contributed by atoms with E-state index in [0.29, 0.717) is 78.1 Å². The van der Waals surface area contributed by atoms with Crippen molar-refractivity contribution in [3.63, 3.8) is 0 Å². The molecule has 109 heavy (non-hydrogen) atoms. The minimum absolute atomic E-state index is 0.111. The second-order valence-electron chi connectivity index (χ2n) is 29.6. The number of aromatic nitrogens is 8. The molecular weight excluding hydrogens is 1340 g/mol. The highest BCUT2D eigenvalue weighted by Gasteiger charge is 2.29. The lowest BCUT2D eigenvalue weighted by atomic mass is 9.88. The largest absolute Gasteiger partial charge is 0.437 e. The first kappa shape index (κ1) is 56.5. The Morgan fingerprint density at radius 3 is 1.14 bits per heavy atom. The number of rotatable bonds is 4. The molecule has 0 aliphatic rings. The molecule has 0 amide bonds. The number of hydrogen-bond acceptors (Lipinski definition) is 8. The zero-order valence-electron chi connectivity index (χ0n) is 74.7. The topological polar surface area (TPSA) is 120 Å². The third-order valence-corrected chi connectivity index (χ3v) is 21.3. The summed E-state index contributed by atoms with van der Waals surface area (Å²) >= 11 is 0. The number of aryl methyl sites for hydroxylation is 13. The van der Waals surface area contributed by atoms with E-state index in [1.54, 1.807) is 60.7 Å². The van der Waals surface area contributed by atoms with E-state index in [9.17, 15) is 0 Å². The fourth-order valence-corrected chi connectivity index (χ4v) is 15.8.